The van der Waals surface area contributed by atoms with Crippen molar-refractivity contribution in [2.45, 2.75) is 0 Å². The highest BCUT2D eigenvalue weighted by Gasteiger charge is 2.48. The van der Waals surface area contributed by atoms with Crippen LogP contribution in [0.25, 0.3) is 97.2 Å². The summed E-state index contributed by atoms with van der Waals surface area (Å²) in [5.41, 5.74) is 9.36. The average molecular weight is 866 g/mol. The Hall–Kier alpha value is -8.17. The Labute approximate surface area is 376 Å². The lowest BCUT2D eigenvalue weighted by atomic mass is 10.1. The first-order valence-electron chi connectivity index (χ1n) is 21.8. The maximum absolute atomic E-state index is 7.13. The number of thiophene rings is 1. The van der Waals surface area contributed by atoms with Gasteiger partial charge in [-0.15, -0.1) is 11.3 Å². The molecule has 0 bridgehead atoms. The minimum atomic E-state index is -3.36. The molecular formula is C57H35N5OSSi. The third kappa shape index (κ3) is 5.12. The summed E-state index contributed by atoms with van der Waals surface area (Å²) in [6, 6.07) is 69.7. The molecule has 7 aromatic carbocycles. The van der Waals surface area contributed by atoms with E-state index in [4.69, 9.17) is 19.4 Å². The van der Waals surface area contributed by atoms with Gasteiger partial charge in [-0.2, -0.15) is 0 Å². The van der Waals surface area contributed by atoms with Gasteiger partial charge >= 0.3 is 0 Å². The lowest BCUT2D eigenvalue weighted by molar-refractivity contribution is 0.670. The van der Waals surface area contributed by atoms with Crippen LogP contribution in [0.5, 0.6) is 0 Å². The van der Waals surface area contributed by atoms with Crippen molar-refractivity contribution in [2.24, 2.45) is 0 Å². The number of furan rings is 1. The molecule has 0 spiro atoms. The Kier molecular flexibility index (Phi) is 7.77. The molecule has 0 saturated heterocycles. The van der Waals surface area contributed by atoms with Crippen molar-refractivity contribution >= 4 is 126 Å². The molecule has 304 valence electrons. The monoisotopic (exact) mass is 865 g/mol. The second kappa shape index (κ2) is 13.9. The van der Waals surface area contributed by atoms with Crippen molar-refractivity contribution in [2.75, 3.05) is 0 Å². The van der Waals surface area contributed by atoms with Gasteiger partial charge in [-0.05, 0) is 89.2 Å². The number of hydrogen-bond donors (Lipinski definition) is 0. The number of aromatic nitrogens is 5. The van der Waals surface area contributed by atoms with Gasteiger partial charge in [-0.25, -0.2) is 0 Å². The van der Waals surface area contributed by atoms with Gasteiger partial charge in [-0.1, -0.05) is 115 Å². The van der Waals surface area contributed by atoms with E-state index in [1.807, 2.05) is 36.0 Å². The van der Waals surface area contributed by atoms with Crippen molar-refractivity contribution in [3.63, 3.8) is 0 Å². The SMILES string of the molecule is c1ccc([Si](c2ccccc2)(c2nccc3c2oc2ccc(-n4c5ccccc5c5ccccc54)cc23)c2nccc3c2sc2ccc(-n4c5ccccc5c5ncccc54)cc23)cc1. The molecule has 7 aromatic heterocycles. The Balaban J connectivity index is 1.04. The summed E-state index contributed by atoms with van der Waals surface area (Å²) >= 11 is 1.81. The van der Waals surface area contributed by atoms with E-state index in [1.54, 1.807) is 0 Å². The van der Waals surface area contributed by atoms with Crippen LogP contribution < -0.4 is 21.0 Å². The van der Waals surface area contributed by atoms with E-state index in [0.29, 0.717) is 0 Å². The van der Waals surface area contributed by atoms with Crippen LogP contribution in [0.15, 0.2) is 217 Å². The van der Waals surface area contributed by atoms with E-state index >= 15 is 0 Å². The number of rotatable bonds is 6. The molecule has 0 amide bonds. The Morgan fingerprint density at radius 3 is 1.66 bits per heavy atom. The van der Waals surface area contributed by atoms with Crippen LogP contribution in [0.2, 0.25) is 0 Å². The van der Waals surface area contributed by atoms with Gasteiger partial charge in [0, 0.05) is 72.4 Å². The molecule has 0 aliphatic rings. The number of hydrogen-bond acceptors (Lipinski definition) is 5. The predicted molar refractivity (Wildman–Crippen MR) is 272 cm³/mol. The average Bonchev–Trinajstić information content (AvgIpc) is 4.13. The van der Waals surface area contributed by atoms with Crippen LogP contribution >= 0.6 is 11.3 Å². The van der Waals surface area contributed by atoms with Gasteiger partial charge in [0.1, 0.15) is 5.58 Å². The standard InChI is InChI=1S/C57H35N5OSSi/c1-3-14-38(15-4-1)65(39-16-5-2-6-17-39,56-54-42(29-32-59-56)45-34-36(25-27-51(45)63-54)61-47-21-10-7-18-40(47)41-19-8-11-22-48(41)61)57-55-43(30-33-60-57)46-35-37(26-28-52(46)64-55)62-49-23-12-9-20-44(49)53-50(62)24-13-31-58-53/h1-35H. The highest BCUT2D eigenvalue weighted by Crippen LogP contribution is 2.39. The van der Waals surface area contributed by atoms with Crippen LogP contribution in [0.1, 0.15) is 0 Å². The third-order valence-electron chi connectivity index (χ3n) is 13.4. The van der Waals surface area contributed by atoms with Gasteiger partial charge in [0.25, 0.3) is 0 Å². The summed E-state index contributed by atoms with van der Waals surface area (Å²) in [6.45, 7) is 0. The number of pyridine rings is 3. The molecule has 0 radical (unpaired) electrons. The number of para-hydroxylation sites is 3. The molecule has 8 heteroatoms. The highest BCUT2D eigenvalue weighted by molar-refractivity contribution is 7.30. The van der Waals surface area contributed by atoms with Crippen LogP contribution in [0, 0.1) is 0 Å². The van der Waals surface area contributed by atoms with Crippen molar-refractivity contribution in [3.8, 4) is 11.4 Å². The van der Waals surface area contributed by atoms with E-state index in [-0.39, 0.29) is 0 Å². The summed E-state index contributed by atoms with van der Waals surface area (Å²) in [5, 5.41) is 12.4. The van der Waals surface area contributed by atoms with E-state index < -0.39 is 8.07 Å². The summed E-state index contributed by atoms with van der Waals surface area (Å²) in [4.78, 5) is 15.8. The molecule has 0 atom stereocenters. The van der Waals surface area contributed by atoms with Crippen molar-refractivity contribution in [3.05, 3.63) is 213 Å². The summed E-state index contributed by atoms with van der Waals surface area (Å²) in [7, 11) is -3.36. The number of benzene rings is 7. The first kappa shape index (κ1) is 36.3. The molecular weight excluding hydrogens is 831 g/mol. The van der Waals surface area contributed by atoms with Gasteiger partial charge in [0.05, 0.1) is 42.9 Å². The summed E-state index contributed by atoms with van der Waals surface area (Å²) in [5.74, 6) is 0. The topological polar surface area (TPSA) is 61.7 Å². The second-order valence-corrected chi connectivity index (χ2v) is 21.4. The van der Waals surface area contributed by atoms with Gasteiger partial charge < -0.3 is 13.6 Å². The van der Waals surface area contributed by atoms with Gasteiger partial charge in [0.2, 0.25) is 8.07 Å². The highest BCUT2D eigenvalue weighted by atomic mass is 32.1. The minimum Gasteiger partial charge on any atom is -0.455 e. The lowest BCUT2D eigenvalue weighted by Crippen LogP contribution is -2.76. The lowest BCUT2D eigenvalue weighted by Gasteiger charge is -2.32. The molecule has 6 nitrogen and oxygen atoms in total. The van der Waals surface area contributed by atoms with E-state index in [9.17, 15) is 0 Å². The molecule has 14 aromatic rings. The molecule has 0 unspecified atom stereocenters. The maximum Gasteiger partial charge on any atom is 0.230 e. The number of fused-ring (bicyclic) bond motifs is 12. The molecule has 0 aliphatic carbocycles. The minimum absolute atomic E-state index is 0.795. The maximum atomic E-state index is 7.13. The molecule has 7 heterocycles. The van der Waals surface area contributed by atoms with Crippen LogP contribution in [0.4, 0.5) is 0 Å². The van der Waals surface area contributed by atoms with Crippen molar-refractivity contribution in [1.29, 1.82) is 0 Å². The quantitative estimate of drug-likeness (QED) is 0.156. The fourth-order valence-electron chi connectivity index (χ4n) is 10.7. The normalized spacial score (nSPS) is 12.3. The largest absolute Gasteiger partial charge is 0.455 e. The zero-order valence-corrected chi connectivity index (χ0v) is 36.6. The van der Waals surface area contributed by atoms with Crippen LogP contribution in [0.3, 0.4) is 0 Å². The molecule has 14 rings (SSSR count). The number of nitrogens with zero attached hydrogens (tertiary/aromatic N) is 5. The first-order valence-corrected chi connectivity index (χ1v) is 24.6. The van der Waals surface area contributed by atoms with E-state index in [1.165, 1.54) is 47.7 Å². The molecule has 0 N–H and O–H groups in total. The third-order valence-corrected chi connectivity index (χ3v) is 19.3. The second-order valence-electron chi connectivity index (χ2n) is 16.7. The van der Waals surface area contributed by atoms with Crippen molar-refractivity contribution < 1.29 is 4.42 Å². The van der Waals surface area contributed by atoms with Crippen molar-refractivity contribution in [1.82, 2.24) is 24.1 Å². The zero-order valence-electron chi connectivity index (χ0n) is 34.8. The van der Waals surface area contributed by atoms with Crippen LogP contribution in [-0.4, -0.2) is 32.2 Å². The van der Waals surface area contributed by atoms with Gasteiger partial charge in [-0.3, -0.25) is 15.0 Å². The Morgan fingerprint density at radius 2 is 0.954 bits per heavy atom. The first-order chi connectivity index (χ1) is 32.3. The molecule has 65 heavy (non-hydrogen) atoms. The fraction of sp³-hybridized carbons (Fsp3) is 0. The van der Waals surface area contributed by atoms with E-state index in [2.05, 4.69) is 197 Å². The zero-order chi connectivity index (χ0) is 42.6. The Morgan fingerprint density at radius 1 is 0.400 bits per heavy atom. The predicted octanol–water partition coefficient (Wildman–Crippen LogP) is 11.7. The summed E-state index contributed by atoms with van der Waals surface area (Å²) < 4.78 is 14.2. The molecule has 0 aliphatic heterocycles. The smallest absolute Gasteiger partial charge is 0.230 e. The van der Waals surface area contributed by atoms with Crippen LogP contribution in [-0.2, 0) is 0 Å². The molecule has 0 fully saturated rings. The van der Waals surface area contributed by atoms with E-state index in [0.717, 1.165) is 70.6 Å². The fourth-order valence-corrected chi connectivity index (χ4v) is 16.9. The Bertz CT molecular complexity index is 3830. The van der Waals surface area contributed by atoms with Gasteiger partial charge in [0.15, 0.2) is 5.58 Å². The molecule has 0 saturated carbocycles. The summed E-state index contributed by atoms with van der Waals surface area (Å²) in [6.07, 6.45) is 5.86.